The summed E-state index contributed by atoms with van der Waals surface area (Å²) in [5.41, 5.74) is 0.822. The first-order chi connectivity index (χ1) is 8.56. The third kappa shape index (κ3) is 3.44. The van der Waals surface area contributed by atoms with Crippen LogP contribution in [0, 0.1) is 11.7 Å². The van der Waals surface area contributed by atoms with Crippen LogP contribution in [0.3, 0.4) is 0 Å². The van der Waals surface area contributed by atoms with Gasteiger partial charge in [-0.3, -0.25) is 4.90 Å². The number of piperidine rings is 1. The molecule has 0 amide bonds. The Morgan fingerprint density at radius 1 is 1.56 bits per heavy atom. The van der Waals surface area contributed by atoms with Crippen LogP contribution in [0.4, 0.5) is 4.39 Å². The maximum absolute atomic E-state index is 13.2. The van der Waals surface area contributed by atoms with Crippen molar-refractivity contribution in [2.45, 2.75) is 32.4 Å². The zero-order valence-electron chi connectivity index (χ0n) is 10.6. The molecule has 0 aliphatic carbocycles. The molecular weight excluding hydrogens is 253 g/mol. The molecule has 1 fully saturated rings. The lowest BCUT2D eigenvalue weighted by Crippen LogP contribution is -2.39. The molecule has 1 aliphatic rings. The minimum absolute atomic E-state index is 0.251. The summed E-state index contributed by atoms with van der Waals surface area (Å²) in [6, 6.07) is 4.47. The summed E-state index contributed by atoms with van der Waals surface area (Å²) in [6.45, 7) is 4.32. The molecule has 1 saturated heterocycles. The first-order valence-electron chi connectivity index (χ1n) is 6.40. The molecule has 0 spiro atoms. The molecule has 0 bridgehead atoms. The number of hydrogen-bond donors (Lipinski definition) is 1. The standard InChI is InChI=1S/C14H19ClFNO/c1-10(18)11-3-2-6-17(8-11)9-12-7-13(16)4-5-14(12)15/h4-5,7,10-11,18H,2-3,6,8-9H2,1H3/t10-,11-/m0/s1. The highest BCUT2D eigenvalue weighted by Crippen LogP contribution is 2.24. The molecule has 0 saturated carbocycles. The quantitative estimate of drug-likeness (QED) is 0.913. The average Bonchev–Trinajstić information content (AvgIpc) is 2.34. The second kappa shape index (κ2) is 6.00. The van der Waals surface area contributed by atoms with Gasteiger partial charge in [0, 0.05) is 18.1 Å². The van der Waals surface area contributed by atoms with Gasteiger partial charge in [0.25, 0.3) is 0 Å². The van der Waals surface area contributed by atoms with E-state index in [1.165, 1.54) is 12.1 Å². The second-order valence-corrected chi connectivity index (χ2v) is 5.52. The maximum Gasteiger partial charge on any atom is 0.123 e. The largest absolute Gasteiger partial charge is 0.393 e. The first-order valence-corrected chi connectivity index (χ1v) is 6.78. The van der Waals surface area contributed by atoms with Gasteiger partial charge in [0.05, 0.1) is 6.10 Å². The predicted molar refractivity (Wildman–Crippen MR) is 71.1 cm³/mol. The summed E-state index contributed by atoms with van der Waals surface area (Å²) in [6.07, 6.45) is 1.85. The van der Waals surface area contributed by atoms with E-state index >= 15 is 0 Å². The zero-order chi connectivity index (χ0) is 13.1. The molecule has 1 aromatic carbocycles. The van der Waals surface area contributed by atoms with E-state index in [-0.39, 0.29) is 11.9 Å². The molecule has 4 heteroatoms. The Labute approximate surface area is 112 Å². The molecular formula is C14H19ClFNO. The number of likely N-dealkylation sites (tertiary alicyclic amines) is 1. The van der Waals surface area contributed by atoms with E-state index in [1.54, 1.807) is 6.07 Å². The van der Waals surface area contributed by atoms with Crippen LogP contribution in [-0.2, 0) is 6.54 Å². The van der Waals surface area contributed by atoms with Crippen LogP contribution < -0.4 is 0 Å². The molecule has 0 radical (unpaired) electrons. The van der Waals surface area contributed by atoms with E-state index in [1.807, 2.05) is 6.92 Å². The zero-order valence-corrected chi connectivity index (χ0v) is 11.3. The normalized spacial score (nSPS) is 23.0. The van der Waals surface area contributed by atoms with Gasteiger partial charge in [-0.05, 0) is 56.0 Å². The number of halogens is 2. The lowest BCUT2D eigenvalue weighted by atomic mass is 9.93. The van der Waals surface area contributed by atoms with Crippen molar-refractivity contribution >= 4 is 11.6 Å². The van der Waals surface area contributed by atoms with Crippen LogP contribution in [0.2, 0.25) is 5.02 Å². The number of nitrogens with zero attached hydrogens (tertiary/aromatic N) is 1. The van der Waals surface area contributed by atoms with Gasteiger partial charge in [0.1, 0.15) is 5.82 Å². The van der Waals surface area contributed by atoms with Crippen molar-refractivity contribution in [1.82, 2.24) is 4.90 Å². The molecule has 1 aliphatic heterocycles. The maximum atomic E-state index is 13.2. The van der Waals surface area contributed by atoms with Crippen LogP contribution in [-0.4, -0.2) is 29.2 Å². The van der Waals surface area contributed by atoms with E-state index in [4.69, 9.17) is 11.6 Å². The van der Waals surface area contributed by atoms with Crippen LogP contribution in [0.25, 0.3) is 0 Å². The fourth-order valence-corrected chi connectivity index (χ4v) is 2.71. The van der Waals surface area contributed by atoms with E-state index in [0.717, 1.165) is 31.5 Å². The fraction of sp³-hybridized carbons (Fsp3) is 0.571. The van der Waals surface area contributed by atoms with Gasteiger partial charge in [0.2, 0.25) is 0 Å². The topological polar surface area (TPSA) is 23.5 Å². The van der Waals surface area contributed by atoms with Gasteiger partial charge >= 0.3 is 0 Å². The number of benzene rings is 1. The lowest BCUT2D eigenvalue weighted by Gasteiger charge is -2.34. The van der Waals surface area contributed by atoms with Crippen molar-refractivity contribution in [2.24, 2.45) is 5.92 Å². The first kappa shape index (κ1) is 13.8. The number of aliphatic hydroxyl groups is 1. The number of hydrogen-bond acceptors (Lipinski definition) is 2. The van der Waals surface area contributed by atoms with Gasteiger partial charge in [-0.15, -0.1) is 0 Å². The molecule has 0 unspecified atom stereocenters. The summed E-state index contributed by atoms with van der Waals surface area (Å²) in [5.74, 6) is 0.0598. The van der Waals surface area contributed by atoms with E-state index in [0.29, 0.717) is 17.5 Å². The summed E-state index contributed by atoms with van der Waals surface area (Å²) >= 11 is 6.07. The Morgan fingerprint density at radius 2 is 2.33 bits per heavy atom. The summed E-state index contributed by atoms with van der Waals surface area (Å²) in [5, 5.41) is 10.3. The van der Waals surface area contributed by atoms with E-state index < -0.39 is 0 Å². The number of rotatable bonds is 3. The molecule has 1 heterocycles. The Hall–Kier alpha value is -0.640. The van der Waals surface area contributed by atoms with Crippen molar-refractivity contribution in [2.75, 3.05) is 13.1 Å². The summed E-state index contributed by atoms with van der Waals surface area (Å²) < 4.78 is 13.2. The molecule has 2 nitrogen and oxygen atoms in total. The summed E-state index contributed by atoms with van der Waals surface area (Å²) in [4.78, 5) is 2.24. The van der Waals surface area contributed by atoms with Crippen LogP contribution >= 0.6 is 11.6 Å². The minimum Gasteiger partial charge on any atom is -0.393 e. The van der Waals surface area contributed by atoms with Crippen LogP contribution in [0.1, 0.15) is 25.3 Å². The molecule has 1 aromatic rings. The monoisotopic (exact) mass is 271 g/mol. The third-order valence-electron chi connectivity index (χ3n) is 3.63. The molecule has 100 valence electrons. The van der Waals surface area contributed by atoms with Gasteiger partial charge in [0.15, 0.2) is 0 Å². The van der Waals surface area contributed by atoms with Gasteiger partial charge < -0.3 is 5.11 Å². The smallest absolute Gasteiger partial charge is 0.123 e. The van der Waals surface area contributed by atoms with Crippen molar-refractivity contribution < 1.29 is 9.50 Å². The fourth-order valence-electron chi connectivity index (χ4n) is 2.53. The highest BCUT2D eigenvalue weighted by Gasteiger charge is 2.23. The molecule has 18 heavy (non-hydrogen) atoms. The predicted octanol–water partition coefficient (Wildman–Crippen LogP) is 3.07. The Bertz CT molecular complexity index is 411. The van der Waals surface area contributed by atoms with Gasteiger partial charge in [-0.2, -0.15) is 0 Å². The molecule has 1 N–H and O–H groups in total. The summed E-state index contributed by atoms with van der Waals surface area (Å²) in [7, 11) is 0. The number of aliphatic hydroxyl groups excluding tert-OH is 1. The Balaban J connectivity index is 2.02. The minimum atomic E-state index is -0.282. The lowest BCUT2D eigenvalue weighted by molar-refractivity contribution is 0.0599. The molecule has 0 aromatic heterocycles. The molecule has 2 rings (SSSR count). The SMILES string of the molecule is C[C@H](O)[C@H]1CCCN(Cc2cc(F)ccc2Cl)C1. The molecule has 2 atom stereocenters. The second-order valence-electron chi connectivity index (χ2n) is 5.11. The van der Waals surface area contributed by atoms with Gasteiger partial charge in [-0.1, -0.05) is 11.6 Å². The van der Waals surface area contributed by atoms with Crippen molar-refractivity contribution in [3.05, 3.63) is 34.6 Å². The van der Waals surface area contributed by atoms with Crippen molar-refractivity contribution in [1.29, 1.82) is 0 Å². The Kier molecular flexibility index (Phi) is 4.60. The highest BCUT2D eigenvalue weighted by molar-refractivity contribution is 6.31. The van der Waals surface area contributed by atoms with E-state index in [9.17, 15) is 9.50 Å². The van der Waals surface area contributed by atoms with Crippen molar-refractivity contribution in [3.63, 3.8) is 0 Å². The van der Waals surface area contributed by atoms with Crippen LogP contribution in [0.15, 0.2) is 18.2 Å². The van der Waals surface area contributed by atoms with Gasteiger partial charge in [-0.25, -0.2) is 4.39 Å². The average molecular weight is 272 g/mol. The van der Waals surface area contributed by atoms with Crippen molar-refractivity contribution in [3.8, 4) is 0 Å². The Morgan fingerprint density at radius 3 is 3.06 bits per heavy atom. The third-order valence-corrected chi connectivity index (χ3v) is 3.99. The van der Waals surface area contributed by atoms with E-state index in [2.05, 4.69) is 4.90 Å². The van der Waals surface area contributed by atoms with Crippen LogP contribution in [0.5, 0.6) is 0 Å². The highest BCUT2D eigenvalue weighted by atomic mass is 35.5.